The molecule has 3 nitrogen and oxygen atoms in total. The molecule has 1 aromatic carbocycles. The third-order valence-electron chi connectivity index (χ3n) is 2.88. The summed E-state index contributed by atoms with van der Waals surface area (Å²) in [6.07, 6.45) is 3.84. The van der Waals surface area contributed by atoms with Crippen molar-refractivity contribution >= 4 is 11.8 Å². The maximum atomic E-state index is 5.98. The van der Waals surface area contributed by atoms with Crippen molar-refractivity contribution < 1.29 is 4.74 Å². The fourth-order valence-electron chi connectivity index (χ4n) is 1.80. The van der Waals surface area contributed by atoms with E-state index in [0.29, 0.717) is 0 Å². The molecule has 112 valence electrons. The Balaban J connectivity index is 2.10. The summed E-state index contributed by atoms with van der Waals surface area (Å²) >= 11 is 1.68. The molecular formula is C17H22N2OS. The van der Waals surface area contributed by atoms with Crippen molar-refractivity contribution in [3.05, 3.63) is 48.3 Å². The average molecular weight is 302 g/mol. The molecule has 2 rings (SSSR count). The highest BCUT2D eigenvalue weighted by molar-refractivity contribution is 7.98. The van der Waals surface area contributed by atoms with Crippen LogP contribution in [0.4, 0.5) is 0 Å². The molecule has 21 heavy (non-hydrogen) atoms. The van der Waals surface area contributed by atoms with E-state index in [1.165, 1.54) is 0 Å². The summed E-state index contributed by atoms with van der Waals surface area (Å²) in [4.78, 5) is 5.51. The van der Waals surface area contributed by atoms with Gasteiger partial charge in [0.2, 0.25) is 0 Å². The zero-order valence-electron chi connectivity index (χ0n) is 13.0. The number of para-hydroxylation sites is 1. The highest BCUT2D eigenvalue weighted by atomic mass is 32.2. The molecule has 0 radical (unpaired) electrons. The highest BCUT2D eigenvalue weighted by Crippen LogP contribution is 2.31. The topological polar surface area (TPSA) is 34.1 Å². The summed E-state index contributed by atoms with van der Waals surface area (Å²) in [7, 11) is 0. The number of nitrogens with one attached hydrogen (secondary N) is 1. The number of nitrogens with zero attached hydrogens (tertiary/aromatic N) is 1. The van der Waals surface area contributed by atoms with Gasteiger partial charge in [-0.2, -0.15) is 0 Å². The molecule has 0 fully saturated rings. The van der Waals surface area contributed by atoms with Gasteiger partial charge in [0.05, 0.1) is 5.69 Å². The minimum absolute atomic E-state index is 0.0734. The first kappa shape index (κ1) is 15.9. The Morgan fingerprint density at radius 2 is 1.95 bits per heavy atom. The Kier molecular flexibility index (Phi) is 5.26. The zero-order chi connectivity index (χ0) is 15.3. The first-order chi connectivity index (χ1) is 9.98. The summed E-state index contributed by atoms with van der Waals surface area (Å²) in [6.45, 7) is 7.15. The molecule has 0 unspecified atom stereocenters. The first-order valence-electron chi connectivity index (χ1n) is 6.99. The molecule has 1 N–H and O–H groups in total. The molecule has 0 aliphatic heterocycles. The van der Waals surface area contributed by atoms with Crippen LogP contribution in [0, 0.1) is 0 Å². The predicted octanol–water partition coefficient (Wildman–Crippen LogP) is 4.48. The van der Waals surface area contributed by atoms with E-state index in [4.69, 9.17) is 4.74 Å². The van der Waals surface area contributed by atoms with Crippen LogP contribution in [0.5, 0.6) is 11.5 Å². The molecule has 0 aliphatic carbocycles. The number of hydrogen-bond donors (Lipinski definition) is 1. The molecule has 1 aromatic heterocycles. The molecule has 0 saturated carbocycles. The average Bonchev–Trinajstić information content (AvgIpc) is 2.45. The van der Waals surface area contributed by atoms with Crippen molar-refractivity contribution in [1.29, 1.82) is 0 Å². The monoisotopic (exact) mass is 302 g/mol. The van der Waals surface area contributed by atoms with Crippen LogP contribution in [0.15, 0.2) is 47.5 Å². The Bertz CT molecular complexity index is 593. The Morgan fingerprint density at radius 3 is 2.67 bits per heavy atom. The van der Waals surface area contributed by atoms with E-state index < -0.39 is 0 Å². The summed E-state index contributed by atoms with van der Waals surface area (Å²) in [6, 6.07) is 11.9. The molecule has 0 spiro atoms. The van der Waals surface area contributed by atoms with E-state index in [-0.39, 0.29) is 5.54 Å². The van der Waals surface area contributed by atoms with Gasteiger partial charge in [-0.25, -0.2) is 0 Å². The molecular weight excluding hydrogens is 280 g/mol. The number of aromatic nitrogens is 1. The van der Waals surface area contributed by atoms with E-state index in [2.05, 4.69) is 37.1 Å². The molecule has 0 amide bonds. The second-order valence-electron chi connectivity index (χ2n) is 5.84. The van der Waals surface area contributed by atoms with Crippen molar-refractivity contribution in [2.24, 2.45) is 0 Å². The van der Waals surface area contributed by atoms with Gasteiger partial charge in [-0.15, -0.1) is 11.8 Å². The highest BCUT2D eigenvalue weighted by Gasteiger charge is 2.10. The van der Waals surface area contributed by atoms with Gasteiger partial charge in [-0.1, -0.05) is 12.1 Å². The SMILES string of the molecule is CSc1ccccc1Oc1ccnc(CNC(C)(C)C)c1. The third-order valence-corrected chi connectivity index (χ3v) is 3.66. The van der Waals surface area contributed by atoms with E-state index in [1.807, 2.05) is 36.6 Å². The van der Waals surface area contributed by atoms with Crippen LogP contribution in [0.1, 0.15) is 26.5 Å². The van der Waals surface area contributed by atoms with E-state index in [1.54, 1.807) is 18.0 Å². The predicted molar refractivity (Wildman–Crippen MR) is 89.1 cm³/mol. The van der Waals surface area contributed by atoms with Crippen LogP contribution in [0.25, 0.3) is 0 Å². The summed E-state index contributed by atoms with van der Waals surface area (Å²) < 4.78 is 5.98. The van der Waals surface area contributed by atoms with Gasteiger partial charge < -0.3 is 10.1 Å². The van der Waals surface area contributed by atoms with E-state index in [9.17, 15) is 0 Å². The van der Waals surface area contributed by atoms with Crippen molar-refractivity contribution in [3.63, 3.8) is 0 Å². The van der Waals surface area contributed by atoms with Crippen molar-refractivity contribution in [3.8, 4) is 11.5 Å². The molecule has 1 heterocycles. The van der Waals surface area contributed by atoms with Gasteiger partial charge >= 0.3 is 0 Å². The Labute approximate surface area is 131 Å². The van der Waals surface area contributed by atoms with Crippen LogP contribution in [0.2, 0.25) is 0 Å². The zero-order valence-corrected chi connectivity index (χ0v) is 13.8. The Morgan fingerprint density at radius 1 is 1.19 bits per heavy atom. The van der Waals surface area contributed by atoms with Crippen LogP contribution >= 0.6 is 11.8 Å². The molecule has 0 aliphatic rings. The van der Waals surface area contributed by atoms with Crippen molar-refractivity contribution in [2.45, 2.75) is 37.8 Å². The van der Waals surface area contributed by atoms with Gasteiger partial charge in [-0.05, 0) is 45.2 Å². The quantitative estimate of drug-likeness (QED) is 0.826. The number of pyridine rings is 1. The summed E-state index contributed by atoms with van der Waals surface area (Å²) in [5, 5.41) is 3.43. The summed E-state index contributed by atoms with van der Waals surface area (Å²) in [5.74, 6) is 1.70. The van der Waals surface area contributed by atoms with E-state index >= 15 is 0 Å². The van der Waals surface area contributed by atoms with Crippen molar-refractivity contribution in [2.75, 3.05) is 6.26 Å². The van der Waals surface area contributed by atoms with E-state index in [0.717, 1.165) is 28.6 Å². The number of hydrogen-bond acceptors (Lipinski definition) is 4. The number of rotatable bonds is 5. The molecule has 0 atom stereocenters. The van der Waals surface area contributed by atoms with Gasteiger partial charge in [0.15, 0.2) is 0 Å². The van der Waals surface area contributed by atoms with Gasteiger partial charge in [-0.3, -0.25) is 4.98 Å². The van der Waals surface area contributed by atoms with Crippen LogP contribution in [0.3, 0.4) is 0 Å². The first-order valence-corrected chi connectivity index (χ1v) is 8.21. The fourth-order valence-corrected chi connectivity index (χ4v) is 2.33. The molecule has 4 heteroatoms. The largest absolute Gasteiger partial charge is 0.456 e. The van der Waals surface area contributed by atoms with Gasteiger partial charge in [0, 0.05) is 29.2 Å². The number of ether oxygens (including phenoxy) is 1. The standard InChI is InChI=1S/C17H22N2OS/c1-17(2,3)19-12-13-11-14(9-10-18-13)20-15-7-5-6-8-16(15)21-4/h5-11,19H,12H2,1-4H3. The molecule has 0 saturated heterocycles. The van der Waals surface area contributed by atoms with Crippen LogP contribution in [-0.4, -0.2) is 16.8 Å². The fraction of sp³-hybridized carbons (Fsp3) is 0.353. The second-order valence-corrected chi connectivity index (χ2v) is 6.69. The number of thioether (sulfide) groups is 1. The van der Waals surface area contributed by atoms with Gasteiger partial charge in [0.1, 0.15) is 11.5 Å². The smallest absolute Gasteiger partial charge is 0.140 e. The normalized spacial score (nSPS) is 11.4. The lowest BCUT2D eigenvalue weighted by Gasteiger charge is -2.20. The number of benzene rings is 1. The minimum Gasteiger partial charge on any atom is -0.456 e. The maximum Gasteiger partial charge on any atom is 0.140 e. The Hall–Kier alpha value is -1.52. The summed E-state index contributed by atoms with van der Waals surface area (Å²) in [5.41, 5.74) is 1.05. The molecule has 2 aromatic rings. The lowest BCUT2D eigenvalue weighted by atomic mass is 10.1. The minimum atomic E-state index is 0.0734. The lowest BCUT2D eigenvalue weighted by Crippen LogP contribution is -2.35. The van der Waals surface area contributed by atoms with Gasteiger partial charge in [0.25, 0.3) is 0 Å². The third kappa shape index (κ3) is 5.06. The second kappa shape index (κ2) is 6.96. The van der Waals surface area contributed by atoms with Crippen molar-refractivity contribution in [1.82, 2.24) is 10.3 Å². The van der Waals surface area contributed by atoms with Crippen LogP contribution < -0.4 is 10.1 Å². The lowest BCUT2D eigenvalue weighted by molar-refractivity contribution is 0.419. The maximum absolute atomic E-state index is 5.98. The van der Waals surface area contributed by atoms with Crippen LogP contribution in [-0.2, 0) is 6.54 Å². The molecule has 0 bridgehead atoms.